The van der Waals surface area contributed by atoms with Gasteiger partial charge in [-0.05, 0) is 37.8 Å². The SMILES string of the molecule is Cc1cc([N+](=O)[O-])ccc1O[C@H]1CCC[C@@H]1O. The van der Waals surface area contributed by atoms with Crippen molar-refractivity contribution in [3.05, 3.63) is 33.9 Å². The molecule has 5 nitrogen and oxygen atoms in total. The molecule has 0 amide bonds. The van der Waals surface area contributed by atoms with Gasteiger partial charge in [-0.2, -0.15) is 0 Å². The van der Waals surface area contributed by atoms with Crippen LogP contribution in [0.15, 0.2) is 18.2 Å². The molecule has 1 saturated carbocycles. The summed E-state index contributed by atoms with van der Waals surface area (Å²) in [6.45, 7) is 1.77. The lowest BCUT2D eigenvalue weighted by molar-refractivity contribution is -0.384. The number of nitrogens with zero attached hydrogens (tertiary/aromatic N) is 1. The van der Waals surface area contributed by atoms with E-state index in [4.69, 9.17) is 4.74 Å². The fourth-order valence-corrected chi connectivity index (χ4v) is 2.09. The number of rotatable bonds is 3. The minimum Gasteiger partial charge on any atom is -0.487 e. The van der Waals surface area contributed by atoms with E-state index in [0.717, 1.165) is 24.8 Å². The van der Waals surface area contributed by atoms with Crippen LogP contribution in [0.4, 0.5) is 5.69 Å². The molecule has 0 aromatic heterocycles. The number of nitro benzene ring substituents is 1. The van der Waals surface area contributed by atoms with Crippen LogP contribution in [0.3, 0.4) is 0 Å². The summed E-state index contributed by atoms with van der Waals surface area (Å²) in [4.78, 5) is 10.2. The molecule has 1 aromatic carbocycles. The van der Waals surface area contributed by atoms with Crippen LogP contribution >= 0.6 is 0 Å². The molecule has 1 fully saturated rings. The van der Waals surface area contributed by atoms with Crippen molar-refractivity contribution in [2.75, 3.05) is 0 Å². The summed E-state index contributed by atoms with van der Waals surface area (Å²) >= 11 is 0. The van der Waals surface area contributed by atoms with E-state index in [1.165, 1.54) is 12.1 Å². The number of hydrogen-bond donors (Lipinski definition) is 1. The highest BCUT2D eigenvalue weighted by Crippen LogP contribution is 2.28. The predicted molar refractivity (Wildman–Crippen MR) is 62.1 cm³/mol. The average Bonchev–Trinajstić information content (AvgIpc) is 2.67. The van der Waals surface area contributed by atoms with Crippen LogP contribution in [0, 0.1) is 17.0 Å². The van der Waals surface area contributed by atoms with Crippen LogP contribution in [0.1, 0.15) is 24.8 Å². The Bertz CT molecular complexity index is 433. The Morgan fingerprint density at radius 2 is 2.24 bits per heavy atom. The normalized spacial score (nSPS) is 23.6. The minimum atomic E-state index is -0.429. The third-order valence-electron chi connectivity index (χ3n) is 3.07. The maximum absolute atomic E-state index is 10.6. The maximum atomic E-state index is 10.6. The van der Waals surface area contributed by atoms with E-state index in [2.05, 4.69) is 0 Å². The average molecular weight is 237 g/mol. The Morgan fingerprint density at radius 1 is 1.47 bits per heavy atom. The molecule has 1 N–H and O–H groups in total. The highest BCUT2D eigenvalue weighted by atomic mass is 16.6. The highest BCUT2D eigenvalue weighted by Gasteiger charge is 2.27. The molecular formula is C12H15NO4. The van der Waals surface area contributed by atoms with Gasteiger partial charge in [0, 0.05) is 12.1 Å². The summed E-state index contributed by atoms with van der Waals surface area (Å²) in [7, 11) is 0. The predicted octanol–water partition coefficient (Wildman–Crippen LogP) is 2.20. The van der Waals surface area contributed by atoms with Gasteiger partial charge in [-0.1, -0.05) is 0 Å². The van der Waals surface area contributed by atoms with Crippen LogP contribution in [-0.2, 0) is 0 Å². The fourth-order valence-electron chi connectivity index (χ4n) is 2.09. The molecular weight excluding hydrogens is 222 g/mol. The van der Waals surface area contributed by atoms with Gasteiger partial charge in [-0.15, -0.1) is 0 Å². The van der Waals surface area contributed by atoms with Crippen molar-refractivity contribution in [2.45, 2.75) is 38.4 Å². The number of benzene rings is 1. The zero-order valence-corrected chi connectivity index (χ0v) is 9.63. The zero-order chi connectivity index (χ0) is 12.4. The smallest absolute Gasteiger partial charge is 0.269 e. The second-order valence-electron chi connectivity index (χ2n) is 4.36. The number of aliphatic hydroxyl groups is 1. The zero-order valence-electron chi connectivity index (χ0n) is 9.63. The quantitative estimate of drug-likeness (QED) is 0.646. The van der Waals surface area contributed by atoms with Crippen LogP contribution < -0.4 is 4.74 Å². The van der Waals surface area contributed by atoms with E-state index in [1.807, 2.05) is 0 Å². The van der Waals surface area contributed by atoms with Gasteiger partial charge >= 0.3 is 0 Å². The van der Waals surface area contributed by atoms with Crippen molar-refractivity contribution < 1.29 is 14.8 Å². The van der Waals surface area contributed by atoms with Crippen LogP contribution in [0.2, 0.25) is 0 Å². The standard InChI is InChI=1S/C12H15NO4/c1-8-7-9(13(15)16)5-6-11(8)17-12-4-2-3-10(12)14/h5-7,10,12,14H,2-4H2,1H3/t10-,12-/m0/s1. The van der Waals surface area contributed by atoms with E-state index in [1.54, 1.807) is 13.0 Å². The lowest BCUT2D eigenvalue weighted by atomic mass is 10.2. The lowest BCUT2D eigenvalue weighted by Crippen LogP contribution is -2.25. The van der Waals surface area contributed by atoms with Gasteiger partial charge in [0.1, 0.15) is 11.9 Å². The molecule has 0 spiro atoms. The first-order chi connectivity index (χ1) is 8.08. The second-order valence-corrected chi connectivity index (χ2v) is 4.36. The van der Waals surface area contributed by atoms with Crippen LogP contribution in [-0.4, -0.2) is 22.2 Å². The third-order valence-corrected chi connectivity index (χ3v) is 3.07. The Kier molecular flexibility index (Phi) is 3.28. The molecule has 0 aliphatic heterocycles. The number of aliphatic hydroxyl groups excluding tert-OH is 1. The van der Waals surface area contributed by atoms with Crippen molar-refractivity contribution in [2.24, 2.45) is 0 Å². The molecule has 0 bridgehead atoms. The van der Waals surface area contributed by atoms with Gasteiger partial charge in [-0.3, -0.25) is 10.1 Å². The van der Waals surface area contributed by atoms with Crippen molar-refractivity contribution in [3.8, 4) is 5.75 Å². The number of aryl methyl sites for hydroxylation is 1. The van der Waals surface area contributed by atoms with Crippen molar-refractivity contribution >= 4 is 5.69 Å². The molecule has 1 aliphatic carbocycles. The minimum absolute atomic E-state index is 0.0572. The molecule has 2 rings (SSSR count). The molecule has 0 unspecified atom stereocenters. The second kappa shape index (κ2) is 4.71. The molecule has 92 valence electrons. The van der Waals surface area contributed by atoms with Crippen molar-refractivity contribution in [1.29, 1.82) is 0 Å². The molecule has 5 heteroatoms. The Labute approximate surface area is 99.2 Å². The Hall–Kier alpha value is -1.62. The van der Waals surface area contributed by atoms with E-state index >= 15 is 0 Å². The number of non-ortho nitro benzene ring substituents is 1. The number of ether oxygens (including phenoxy) is 1. The summed E-state index contributed by atoms with van der Waals surface area (Å²) in [5.74, 6) is 0.613. The van der Waals surface area contributed by atoms with Gasteiger partial charge in [0.05, 0.1) is 11.0 Å². The fraction of sp³-hybridized carbons (Fsp3) is 0.500. The van der Waals surface area contributed by atoms with Gasteiger partial charge in [0.15, 0.2) is 0 Å². The first kappa shape index (κ1) is 11.9. The third kappa shape index (κ3) is 2.55. The highest BCUT2D eigenvalue weighted by molar-refractivity contribution is 5.43. The van der Waals surface area contributed by atoms with Crippen molar-refractivity contribution in [1.82, 2.24) is 0 Å². The summed E-state index contributed by atoms with van der Waals surface area (Å²) in [6.07, 6.45) is 1.94. The first-order valence-corrected chi connectivity index (χ1v) is 5.67. The molecule has 2 atom stereocenters. The molecule has 1 aliphatic rings. The summed E-state index contributed by atoms with van der Waals surface area (Å²) in [6, 6.07) is 4.50. The molecule has 0 heterocycles. The summed E-state index contributed by atoms with van der Waals surface area (Å²) in [5, 5.41) is 20.2. The summed E-state index contributed by atoms with van der Waals surface area (Å²) in [5.41, 5.74) is 0.778. The van der Waals surface area contributed by atoms with E-state index in [0.29, 0.717) is 5.75 Å². The van der Waals surface area contributed by atoms with Crippen molar-refractivity contribution in [3.63, 3.8) is 0 Å². The van der Waals surface area contributed by atoms with Crippen LogP contribution in [0.25, 0.3) is 0 Å². The first-order valence-electron chi connectivity index (χ1n) is 5.67. The van der Waals surface area contributed by atoms with E-state index in [9.17, 15) is 15.2 Å². The lowest BCUT2D eigenvalue weighted by Gasteiger charge is -2.18. The van der Waals surface area contributed by atoms with Gasteiger partial charge in [0.25, 0.3) is 5.69 Å². The van der Waals surface area contributed by atoms with Gasteiger partial charge < -0.3 is 9.84 Å². The maximum Gasteiger partial charge on any atom is 0.269 e. The molecule has 17 heavy (non-hydrogen) atoms. The van der Waals surface area contributed by atoms with E-state index < -0.39 is 11.0 Å². The monoisotopic (exact) mass is 237 g/mol. The largest absolute Gasteiger partial charge is 0.487 e. The van der Waals surface area contributed by atoms with Gasteiger partial charge in [-0.25, -0.2) is 0 Å². The Morgan fingerprint density at radius 3 is 2.76 bits per heavy atom. The van der Waals surface area contributed by atoms with Crippen LogP contribution in [0.5, 0.6) is 5.75 Å². The molecule has 1 aromatic rings. The molecule has 0 saturated heterocycles. The number of hydrogen-bond acceptors (Lipinski definition) is 4. The van der Waals surface area contributed by atoms with Gasteiger partial charge in [0.2, 0.25) is 0 Å². The molecule has 0 radical (unpaired) electrons. The van der Waals surface area contributed by atoms with E-state index in [-0.39, 0.29) is 11.8 Å². The Balaban J connectivity index is 2.14. The summed E-state index contributed by atoms with van der Waals surface area (Å²) < 4.78 is 5.68. The number of nitro groups is 1. The topological polar surface area (TPSA) is 72.6 Å².